The standard InChI is InChI=1S/C11H20N2O/c1-5-9(6-2)13-10(14)11(12,7-3)8-4/h1,9H,6-8,12H2,2-4H3,(H,13,14). The van der Waals surface area contributed by atoms with Gasteiger partial charge in [0.25, 0.3) is 0 Å². The number of terminal acetylenes is 1. The fourth-order valence-electron chi connectivity index (χ4n) is 1.13. The third kappa shape index (κ3) is 3.04. The van der Waals surface area contributed by atoms with E-state index >= 15 is 0 Å². The lowest BCUT2D eigenvalue weighted by molar-refractivity contribution is -0.127. The van der Waals surface area contributed by atoms with E-state index in [2.05, 4.69) is 11.2 Å². The normalized spacial score (nSPS) is 13.1. The number of carbonyl (C=O) groups is 1. The first-order chi connectivity index (χ1) is 6.53. The molecule has 3 heteroatoms. The lowest BCUT2D eigenvalue weighted by Gasteiger charge is -2.26. The van der Waals surface area contributed by atoms with E-state index in [9.17, 15) is 4.79 Å². The molecule has 0 saturated heterocycles. The van der Waals surface area contributed by atoms with Crippen LogP contribution in [0.25, 0.3) is 0 Å². The summed E-state index contributed by atoms with van der Waals surface area (Å²) < 4.78 is 0. The van der Waals surface area contributed by atoms with Gasteiger partial charge in [-0.05, 0) is 19.3 Å². The highest BCUT2D eigenvalue weighted by Gasteiger charge is 2.30. The van der Waals surface area contributed by atoms with Crippen LogP contribution in [0.5, 0.6) is 0 Å². The van der Waals surface area contributed by atoms with Gasteiger partial charge in [-0.25, -0.2) is 0 Å². The number of nitrogens with two attached hydrogens (primary N) is 1. The molecule has 0 aliphatic carbocycles. The molecule has 0 aliphatic rings. The van der Waals surface area contributed by atoms with Crippen LogP contribution in [0.1, 0.15) is 40.0 Å². The van der Waals surface area contributed by atoms with Crippen LogP contribution >= 0.6 is 0 Å². The Balaban J connectivity index is 4.40. The molecule has 0 rings (SSSR count). The van der Waals surface area contributed by atoms with Crippen molar-refractivity contribution in [2.75, 3.05) is 0 Å². The van der Waals surface area contributed by atoms with E-state index < -0.39 is 5.54 Å². The first-order valence-electron chi connectivity index (χ1n) is 5.10. The van der Waals surface area contributed by atoms with E-state index in [1.165, 1.54) is 0 Å². The van der Waals surface area contributed by atoms with E-state index in [4.69, 9.17) is 12.2 Å². The number of carbonyl (C=O) groups excluding carboxylic acids is 1. The Hall–Kier alpha value is -1.01. The van der Waals surface area contributed by atoms with E-state index in [0.29, 0.717) is 12.8 Å². The fraction of sp³-hybridized carbons (Fsp3) is 0.727. The molecule has 80 valence electrons. The molecule has 0 bridgehead atoms. The minimum absolute atomic E-state index is 0.146. The molecule has 0 aromatic rings. The van der Waals surface area contributed by atoms with Crippen LogP contribution in [0.4, 0.5) is 0 Å². The molecule has 3 nitrogen and oxygen atoms in total. The average molecular weight is 196 g/mol. The van der Waals surface area contributed by atoms with E-state index in [0.717, 1.165) is 6.42 Å². The lowest BCUT2D eigenvalue weighted by Crippen LogP contribution is -2.55. The van der Waals surface area contributed by atoms with Gasteiger partial charge in [0.1, 0.15) is 0 Å². The van der Waals surface area contributed by atoms with Gasteiger partial charge in [0.2, 0.25) is 5.91 Å². The van der Waals surface area contributed by atoms with Crippen molar-refractivity contribution >= 4 is 5.91 Å². The molecular formula is C11H20N2O. The first kappa shape index (κ1) is 13.0. The maximum atomic E-state index is 11.7. The summed E-state index contributed by atoms with van der Waals surface area (Å²) in [6.45, 7) is 5.74. The van der Waals surface area contributed by atoms with Crippen molar-refractivity contribution in [3.8, 4) is 12.3 Å². The van der Waals surface area contributed by atoms with E-state index in [1.807, 2.05) is 20.8 Å². The molecule has 3 N–H and O–H groups in total. The molecule has 0 spiro atoms. The van der Waals surface area contributed by atoms with Crippen LogP contribution in [0.2, 0.25) is 0 Å². The van der Waals surface area contributed by atoms with Crippen molar-refractivity contribution in [3.05, 3.63) is 0 Å². The van der Waals surface area contributed by atoms with Crippen LogP contribution in [-0.4, -0.2) is 17.5 Å². The highest BCUT2D eigenvalue weighted by Crippen LogP contribution is 2.11. The molecule has 0 aromatic carbocycles. The Morgan fingerprint density at radius 1 is 1.50 bits per heavy atom. The summed E-state index contributed by atoms with van der Waals surface area (Å²) in [6, 6.07) is -0.205. The summed E-state index contributed by atoms with van der Waals surface area (Å²) in [6.07, 6.45) is 7.22. The van der Waals surface area contributed by atoms with Crippen molar-refractivity contribution in [1.82, 2.24) is 5.32 Å². The van der Waals surface area contributed by atoms with Crippen molar-refractivity contribution in [2.24, 2.45) is 5.73 Å². The second-order valence-corrected chi connectivity index (χ2v) is 3.46. The smallest absolute Gasteiger partial charge is 0.241 e. The Bertz CT molecular complexity index is 226. The quantitative estimate of drug-likeness (QED) is 0.645. The summed E-state index contributed by atoms with van der Waals surface area (Å²) in [4.78, 5) is 11.7. The lowest BCUT2D eigenvalue weighted by atomic mass is 9.93. The number of nitrogens with one attached hydrogen (secondary N) is 1. The van der Waals surface area contributed by atoms with Gasteiger partial charge in [0.05, 0.1) is 11.6 Å². The van der Waals surface area contributed by atoms with Crippen LogP contribution in [0.15, 0.2) is 0 Å². The van der Waals surface area contributed by atoms with Crippen LogP contribution < -0.4 is 11.1 Å². The molecule has 0 radical (unpaired) electrons. The maximum absolute atomic E-state index is 11.7. The van der Waals surface area contributed by atoms with E-state index in [1.54, 1.807) is 0 Å². The minimum Gasteiger partial charge on any atom is -0.341 e. The Morgan fingerprint density at radius 3 is 2.29 bits per heavy atom. The number of hydrogen-bond donors (Lipinski definition) is 2. The molecule has 0 saturated carbocycles. The summed E-state index contributed by atoms with van der Waals surface area (Å²) in [5.41, 5.74) is 5.14. The molecule has 1 amide bonds. The monoisotopic (exact) mass is 196 g/mol. The SMILES string of the molecule is C#CC(CC)NC(=O)C(N)(CC)CC. The van der Waals surface area contributed by atoms with Crippen LogP contribution in [-0.2, 0) is 4.79 Å². The van der Waals surface area contributed by atoms with E-state index in [-0.39, 0.29) is 11.9 Å². The summed E-state index contributed by atoms with van der Waals surface area (Å²) >= 11 is 0. The van der Waals surface area contributed by atoms with Gasteiger partial charge >= 0.3 is 0 Å². The third-order valence-corrected chi connectivity index (χ3v) is 2.63. The molecule has 14 heavy (non-hydrogen) atoms. The van der Waals surface area contributed by atoms with Crippen molar-refractivity contribution in [3.63, 3.8) is 0 Å². The van der Waals surface area contributed by atoms with Crippen molar-refractivity contribution in [1.29, 1.82) is 0 Å². The van der Waals surface area contributed by atoms with Gasteiger partial charge in [0, 0.05) is 0 Å². The Morgan fingerprint density at radius 2 is 2.00 bits per heavy atom. The zero-order valence-electron chi connectivity index (χ0n) is 9.26. The number of amides is 1. The van der Waals surface area contributed by atoms with Gasteiger partial charge in [-0.3, -0.25) is 4.79 Å². The second kappa shape index (κ2) is 5.66. The van der Waals surface area contributed by atoms with Gasteiger partial charge in [0.15, 0.2) is 0 Å². The molecule has 0 fully saturated rings. The average Bonchev–Trinajstić information content (AvgIpc) is 2.24. The van der Waals surface area contributed by atoms with Gasteiger partial charge < -0.3 is 11.1 Å². The van der Waals surface area contributed by atoms with Crippen LogP contribution in [0.3, 0.4) is 0 Å². The maximum Gasteiger partial charge on any atom is 0.241 e. The Labute approximate surface area is 86.4 Å². The number of rotatable bonds is 5. The first-order valence-corrected chi connectivity index (χ1v) is 5.10. The minimum atomic E-state index is -0.774. The largest absolute Gasteiger partial charge is 0.341 e. The topological polar surface area (TPSA) is 55.1 Å². The molecule has 0 aromatic heterocycles. The predicted molar refractivity (Wildman–Crippen MR) is 58.6 cm³/mol. The molecular weight excluding hydrogens is 176 g/mol. The number of hydrogen-bond acceptors (Lipinski definition) is 2. The highest BCUT2D eigenvalue weighted by atomic mass is 16.2. The molecule has 0 heterocycles. The summed E-state index contributed by atoms with van der Waals surface area (Å²) in [7, 11) is 0. The van der Waals surface area contributed by atoms with Gasteiger partial charge in [-0.2, -0.15) is 0 Å². The summed E-state index contributed by atoms with van der Waals surface area (Å²) in [5, 5.41) is 2.76. The zero-order chi connectivity index (χ0) is 11.2. The second-order valence-electron chi connectivity index (χ2n) is 3.46. The van der Waals surface area contributed by atoms with Gasteiger partial charge in [-0.1, -0.05) is 26.7 Å². The zero-order valence-corrected chi connectivity index (χ0v) is 9.26. The predicted octanol–water partition coefficient (Wildman–Crippen LogP) is 1.03. The Kier molecular flexibility index (Phi) is 5.26. The third-order valence-electron chi connectivity index (χ3n) is 2.63. The summed E-state index contributed by atoms with van der Waals surface area (Å²) in [5.74, 6) is 2.37. The van der Waals surface area contributed by atoms with Crippen molar-refractivity contribution in [2.45, 2.75) is 51.6 Å². The van der Waals surface area contributed by atoms with Crippen LogP contribution in [0, 0.1) is 12.3 Å². The highest BCUT2D eigenvalue weighted by molar-refractivity contribution is 5.86. The molecule has 0 aliphatic heterocycles. The van der Waals surface area contributed by atoms with Gasteiger partial charge in [-0.15, -0.1) is 6.42 Å². The molecule has 1 atom stereocenters. The fourth-order valence-corrected chi connectivity index (χ4v) is 1.13. The molecule has 1 unspecified atom stereocenters. The van der Waals surface area contributed by atoms with Crippen molar-refractivity contribution < 1.29 is 4.79 Å².